The quantitative estimate of drug-likeness (QED) is 0.379. The predicted molar refractivity (Wildman–Crippen MR) is 58.3 cm³/mol. The monoisotopic (exact) mass is 204 g/mol. The van der Waals surface area contributed by atoms with E-state index in [9.17, 15) is 4.79 Å². The van der Waals surface area contributed by atoms with Crippen LogP contribution in [0.15, 0.2) is 0 Å². The highest BCUT2D eigenvalue weighted by Gasteiger charge is 2.15. The van der Waals surface area contributed by atoms with E-state index in [1.54, 1.807) is 7.11 Å². The number of aldehydes is 1. The molecule has 3 heteroatoms. The molecule has 0 spiro atoms. The Hall–Kier alpha value is -0.410. The third-order valence-corrected chi connectivity index (χ3v) is 1.49. The van der Waals surface area contributed by atoms with E-state index in [2.05, 4.69) is 18.6 Å². The van der Waals surface area contributed by atoms with Gasteiger partial charge in [-0.2, -0.15) is 0 Å². The van der Waals surface area contributed by atoms with Gasteiger partial charge in [0, 0.05) is 12.5 Å². The maximum atomic E-state index is 10.3. The highest BCUT2D eigenvalue weighted by atomic mass is 16.7. The summed E-state index contributed by atoms with van der Waals surface area (Å²) in [5.41, 5.74) is -0.390. The number of rotatable bonds is 6. The van der Waals surface area contributed by atoms with Crippen molar-refractivity contribution < 1.29 is 14.3 Å². The first-order valence-corrected chi connectivity index (χ1v) is 5.07. The Balaban J connectivity index is 0. The average Bonchev–Trinajstić information content (AvgIpc) is 2.19. The zero-order chi connectivity index (χ0) is 11.4. The molecular formula is C11H24O3. The van der Waals surface area contributed by atoms with E-state index in [4.69, 9.17) is 4.74 Å². The first-order chi connectivity index (χ1) is 6.54. The molecule has 0 saturated carbocycles. The van der Waals surface area contributed by atoms with Crippen LogP contribution in [0.4, 0.5) is 0 Å². The molecule has 0 aromatic heterocycles. The Morgan fingerprint density at radius 3 is 2.00 bits per heavy atom. The summed E-state index contributed by atoms with van der Waals surface area (Å²) in [6.07, 6.45) is 3.52. The lowest BCUT2D eigenvalue weighted by Gasteiger charge is -2.15. The fourth-order valence-electron chi connectivity index (χ4n) is 0.422. The van der Waals surface area contributed by atoms with Crippen LogP contribution in [0.25, 0.3) is 0 Å². The molecule has 0 saturated heterocycles. The van der Waals surface area contributed by atoms with E-state index in [0.29, 0.717) is 6.61 Å². The lowest BCUT2D eigenvalue weighted by Crippen LogP contribution is -2.21. The first kappa shape index (κ1) is 16.0. The van der Waals surface area contributed by atoms with Gasteiger partial charge in [0.1, 0.15) is 13.1 Å². The van der Waals surface area contributed by atoms with Crippen LogP contribution in [0, 0.1) is 5.41 Å². The summed E-state index contributed by atoms with van der Waals surface area (Å²) in [4.78, 5) is 10.3. The molecule has 0 bridgehead atoms. The lowest BCUT2D eigenvalue weighted by molar-refractivity contribution is -0.121. The molecule has 14 heavy (non-hydrogen) atoms. The third kappa shape index (κ3) is 14.1. The molecule has 0 radical (unpaired) electrons. The summed E-state index contributed by atoms with van der Waals surface area (Å²) >= 11 is 0. The molecule has 0 N–H and O–H groups in total. The number of hydrogen-bond donors (Lipinski definition) is 0. The van der Waals surface area contributed by atoms with Gasteiger partial charge in [-0.15, -0.1) is 0 Å². The topological polar surface area (TPSA) is 35.5 Å². The van der Waals surface area contributed by atoms with Crippen LogP contribution in [-0.4, -0.2) is 26.8 Å². The standard InChI is InChI=1S/C7H14O3.C4H10/c1-7(2,4-8)5-10-6-9-3;1-3-4-2/h4H,5-6H2,1-3H3;3-4H2,1-2H3. The number of hydrogen-bond acceptors (Lipinski definition) is 3. The molecule has 0 aliphatic carbocycles. The van der Waals surface area contributed by atoms with Gasteiger partial charge in [-0.05, 0) is 0 Å². The Morgan fingerprint density at radius 1 is 1.21 bits per heavy atom. The van der Waals surface area contributed by atoms with Crippen LogP contribution in [0.3, 0.4) is 0 Å². The minimum atomic E-state index is -0.390. The number of unbranched alkanes of at least 4 members (excludes halogenated alkanes) is 1. The van der Waals surface area contributed by atoms with Crippen LogP contribution in [0.5, 0.6) is 0 Å². The smallest absolute Gasteiger partial charge is 0.146 e. The van der Waals surface area contributed by atoms with Crippen molar-refractivity contribution >= 4 is 6.29 Å². The van der Waals surface area contributed by atoms with Gasteiger partial charge >= 0.3 is 0 Å². The van der Waals surface area contributed by atoms with Crippen molar-refractivity contribution in [3.63, 3.8) is 0 Å². The van der Waals surface area contributed by atoms with Gasteiger partial charge < -0.3 is 14.3 Å². The summed E-state index contributed by atoms with van der Waals surface area (Å²) in [6.45, 7) is 8.65. The highest BCUT2D eigenvalue weighted by molar-refractivity contribution is 5.57. The SMILES string of the molecule is CCCC.COCOCC(C)(C)C=O. The number of methoxy groups -OCH3 is 1. The van der Waals surface area contributed by atoms with Gasteiger partial charge in [-0.3, -0.25) is 0 Å². The molecule has 0 fully saturated rings. The van der Waals surface area contributed by atoms with Gasteiger partial charge in [0.2, 0.25) is 0 Å². The first-order valence-electron chi connectivity index (χ1n) is 5.07. The summed E-state index contributed by atoms with van der Waals surface area (Å²) in [7, 11) is 1.55. The molecule has 0 aliphatic rings. The molecule has 0 aromatic carbocycles. The summed E-state index contributed by atoms with van der Waals surface area (Å²) < 4.78 is 9.63. The van der Waals surface area contributed by atoms with Crippen molar-refractivity contribution in [2.24, 2.45) is 5.41 Å². The van der Waals surface area contributed by atoms with Crippen molar-refractivity contribution in [1.82, 2.24) is 0 Å². The molecule has 0 amide bonds. The molecule has 86 valence electrons. The van der Waals surface area contributed by atoms with Gasteiger partial charge in [0.25, 0.3) is 0 Å². The Morgan fingerprint density at radius 2 is 1.71 bits per heavy atom. The second-order valence-corrected chi connectivity index (χ2v) is 3.86. The predicted octanol–water partition coefficient (Wildman–Crippen LogP) is 2.64. The second kappa shape index (κ2) is 10.7. The minimum absolute atomic E-state index is 0.247. The molecule has 0 rings (SSSR count). The fraction of sp³-hybridized carbons (Fsp3) is 0.909. The van der Waals surface area contributed by atoms with Crippen LogP contribution in [-0.2, 0) is 14.3 Å². The Bertz CT molecular complexity index is 120. The van der Waals surface area contributed by atoms with Crippen LogP contribution >= 0.6 is 0 Å². The Labute approximate surface area is 87.8 Å². The zero-order valence-electron chi connectivity index (χ0n) is 10.1. The molecule has 3 nitrogen and oxygen atoms in total. The lowest BCUT2D eigenvalue weighted by atomic mass is 9.98. The molecule has 0 aliphatic heterocycles. The third-order valence-electron chi connectivity index (χ3n) is 1.49. The van der Waals surface area contributed by atoms with E-state index < -0.39 is 5.41 Å². The summed E-state index contributed by atoms with van der Waals surface area (Å²) in [5, 5.41) is 0. The maximum absolute atomic E-state index is 10.3. The largest absolute Gasteiger partial charge is 0.359 e. The molecule has 0 aromatic rings. The minimum Gasteiger partial charge on any atom is -0.359 e. The molecular weight excluding hydrogens is 180 g/mol. The number of carbonyl (C=O) groups excluding carboxylic acids is 1. The molecule has 0 atom stereocenters. The van der Waals surface area contributed by atoms with Gasteiger partial charge in [-0.25, -0.2) is 0 Å². The van der Waals surface area contributed by atoms with Crippen molar-refractivity contribution in [2.45, 2.75) is 40.5 Å². The van der Waals surface area contributed by atoms with Crippen LogP contribution < -0.4 is 0 Å². The maximum Gasteiger partial charge on any atom is 0.146 e. The average molecular weight is 204 g/mol. The fourth-order valence-corrected chi connectivity index (χ4v) is 0.422. The zero-order valence-corrected chi connectivity index (χ0v) is 10.1. The summed E-state index contributed by atoms with van der Waals surface area (Å²) in [5.74, 6) is 0. The van der Waals surface area contributed by atoms with E-state index in [0.717, 1.165) is 6.29 Å². The summed E-state index contributed by atoms with van der Waals surface area (Å²) in [6, 6.07) is 0. The van der Waals surface area contributed by atoms with Crippen LogP contribution in [0.2, 0.25) is 0 Å². The van der Waals surface area contributed by atoms with Crippen molar-refractivity contribution in [3.05, 3.63) is 0 Å². The van der Waals surface area contributed by atoms with Crippen molar-refractivity contribution in [2.75, 3.05) is 20.5 Å². The van der Waals surface area contributed by atoms with Crippen molar-refractivity contribution in [3.8, 4) is 0 Å². The van der Waals surface area contributed by atoms with Gasteiger partial charge in [0.15, 0.2) is 0 Å². The van der Waals surface area contributed by atoms with Crippen molar-refractivity contribution in [1.29, 1.82) is 0 Å². The van der Waals surface area contributed by atoms with Gasteiger partial charge in [-0.1, -0.05) is 40.5 Å². The van der Waals surface area contributed by atoms with E-state index in [1.165, 1.54) is 12.8 Å². The second-order valence-electron chi connectivity index (χ2n) is 3.86. The van der Waals surface area contributed by atoms with E-state index in [-0.39, 0.29) is 6.79 Å². The molecule has 0 heterocycles. The van der Waals surface area contributed by atoms with E-state index >= 15 is 0 Å². The Kier molecular flexibility index (Phi) is 12.2. The van der Waals surface area contributed by atoms with Crippen LogP contribution in [0.1, 0.15) is 40.5 Å². The number of ether oxygens (including phenoxy) is 2. The highest BCUT2D eigenvalue weighted by Crippen LogP contribution is 2.10. The van der Waals surface area contributed by atoms with E-state index in [1.807, 2.05) is 13.8 Å². The molecule has 0 unspecified atom stereocenters. The normalized spacial score (nSPS) is 10.4. The van der Waals surface area contributed by atoms with Gasteiger partial charge in [0.05, 0.1) is 6.61 Å². The number of carbonyl (C=O) groups is 1.